The molecule has 1 spiro atoms. The van der Waals surface area contributed by atoms with Crippen LogP contribution in [0.4, 0.5) is 0 Å². The molecule has 2 heterocycles. The van der Waals surface area contributed by atoms with E-state index >= 15 is 0 Å². The minimum absolute atomic E-state index is 0.112. The summed E-state index contributed by atoms with van der Waals surface area (Å²) in [5.41, 5.74) is 0.302. The Morgan fingerprint density at radius 1 is 1.35 bits per heavy atom. The van der Waals surface area contributed by atoms with Gasteiger partial charge in [0.15, 0.2) is 0 Å². The van der Waals surface area contributed by atoms with Crippen molar-refractivity contribution in [1.29, 1.82) is 5.26 Å². The second kappa shape index (κ2) is 4.86. The summed E-state index contributed by atoms with van der Waals surface area (Å²) in [4.78, 5) is 11.0. The summed E-state index contributed by atoms with van der Waals surface area (Å²) in [5, 5.41) is 17.8. The van der Waals surface area contributed by atoms with Gasteiger partial charge < -0.3 is 14.6 Å². The van der Waals surface area contributed by atoms with E-state index in [1.54, 1.807) is 6.07 Å². The molecular formula is C12H15NO4. The molecule has 0 bridgehead atoms. The van der Waals surface area contributed by atoms with E-state index in [1.807, 2.05) is 0 Å². The largest absolute Gasteiger partial charge is 0.477 e. The highest BCUT2D eigenvalue weighted by molar-refractivity contribution is 5.92. The normalized spacial score (nSPS) is 26.3. The predicted molar refractivity (Wildman–Crippen MR) is 58.2 cm³/mol. The van der Waals surface area contributed by atoms with Crippen molar-refractivity contribution < 1.29 is 19.4 Å². The fourth-order valence-electron chi connectivity index (χ4n) is 2.48. The zero-order chi connectivity index (χ0) is 12.3. The van der Waals surface area contributed by atoms with Crippen LogP contribution in [0.3, 0.4) is 0 Å². The van der Waals surface area contributed by atoms with Crippen LogP contribution in [0.1, 0.15) is 25.7 Å². The Kier molecular flexibility index (Phi) is 3.46. The molecule has 5 nitrogen and oxygen atoms in total. The molecular weight excluding hydrogens is 222 g/mol. The maximum Gasteiger partial charge on any atom is 0.346 e. The molecule has 5 heteroatoms. The molecule has 2 aliphatic heterocycles. The molecule has 0 aromatic carbocycles. The maximum atomic E-state index is 11.0. The minimum Gasteiger partial charge on any atom is -0.477 e. The summed E-state index contributed by atoms with van der Waals surface area (Å²) in [6, 6.07) is 1.79. The van der Waals surface area contributed by atoms with Gasteiger partial charge in [-0.15, -0.1) is 0 Å². The highest BCUT2D eigenvalue weighted by Crippen LogP contribution is 2.37. The summed E-state index contributed by atoms with van der Waals surface area (Å²) >= 11 is 0. The van der Waals surface area contributed by atoms with Gasteiger partial charge in [-0.05, 0) is 18.4 Å². The Hall–Kier alpha value is -1.38. The number of nitrogens with zero attached hydrogens (tertiary/aromatic N) is 1. The number of hydrogen-bond acceptors (Lipinski definition) is 4. The van der Waals surface area contributed by atoms with Gasteiger partial charge in [-0.3, -0.25) is 0 Å². The molecule has 0 aromatic rings. The zero-order valence-corrected chi connectivity index (χ0v) is 9.57. The van der Waals surface area contributed by atoms with E-state index in [4.69, 9.17) is 19.8 Å². The SMILES string of the molecule is N#C/C(C(=O)O)=C1\CCOC2(CCOCC2)C1. The number of rotatable bonds is 1. The summed E-state index contributed by atoms with van der Waals surface area (Å²) in [6.45, 7) is 1.78. The van der Waals surface area contributed by atoms with Crippen molar-refractivity contribution in [2.75, 3.05) is 19.8 Å². The van der Waals surface area contributed by atoms with Gasteiger partial charge in [0, 0.05) is 26.1 Å². The van der Waals surface area contributed by atoms with E-state index in [-0.39, 0.29) is 11.2 Å². The molecule has 2 fully saturated rings. The van der Waals surface area contributed by atoms with Gasteiger partial charge in [-0.25, -0.2) is 4.79 Å². The average molecular weight is 237 g/mol. The van der Waals surface area contributed by atoms with Gasteiger partial charge in [0.2, 0.25) is 0 Å². The number of carboxylic acids is 1. The first-order chi connectivity index (χ1) is 8.17. The lowest BCUT2D eigenvalue weighted by Gasteiger charge is -2.41. The third-order valence-electron chi connectivity index (χ3n) is 3.43. The Morgan fingerprint density at radius 2 is 2.06 bits per heavy atom. The van der Waals surface area contributed by atoms with Gasteiger partial charge in [-0.2, -0.15) is 5.26 Å². The molecule has 92 valence electrons. The highest BCUT2D eigenvalue weighted by Gasteiger charge is 2.38. The minimum atomic E-state index is -1.13. The van der Waals surface area contributed by atoms with Crippen molar-refractivity contribution >= 4 is 5.97 Å². The quantitative estimate of drug-likeness (QED) is 0.548. The van der Waals surface area contributed by atoms with Gasteiger partial charge >= 0.3 is 5.97 Å². The number of hydrogen-bond donors (Lipinski definition) is 1. The molecule has 2 saturated heterocycles. The molecule has 2 aliphatic rings. The standard InChI is InChI=1S/C12H15NO4/c13-8-10(11(14)15)9-1-4-17-12(7-9)2-5-16-6-3-12/h1-7H2,(H,14,15)/b10-9-. The topological polar surface area (TPSA) is 79.6 Å². The lowest BCUT2D eigenvalue weighted by molar-refractivity contribution is -0.133. The summed E-state index contributed by atoms with van der Waals surface area (Å²) < 4.78 is 11.1. The molecule has 0 amide bonds. The average Bonchev–Trinajstić information content (AvgIpc) is 2.30. The van der Waals surface area contributed by atoms with Crippen molar-refractivity contribution in [2.45, 2.75) is 31.3 Å². The first-order valence-electron chi connectivity index (χ1n) is 5.74. The van der Waals surface area contributed by atoms with Crippen LogP contribution in [-0.4, -0.2) is 36.5 Å². The third kappa shape index (κ3) is 2.48. The molecule has 0 unspecified atom stereocenters. The van der Waals surface area contributed by atoms with Crippen molar-refractivity contribution in [2.24, 2.45) is 0 Å². The number of nitriles is 1. The zero-order valence-electron chi connectivity index (χ0n) is 9.57. The fourth-order valence-corrected chi connectivity index (χ4v) is 2.48. The second-order valence-corrected chi connectivity index (χ2v) is 4.47. The first kappa shape index (κ1) is 12.1. The monoisotopic (exact) mass is 237 g/mol. The number of ether oxygens (including phenoxy) is 2. The lowest BCUT2D eigenvalue weighted by Crippen LogP contribution is -2.42. The number of aliphatic carboxylic acids is 1. The molecule has 0 aromatic heterocycles. The van der Waals surface area contributed by atoms with Gasteiger partial charge in [0.05, 0.1) is 12.2 Å². The molecule has 0 radical (unpaired) electrons. The Labute approximate surface area is 99.6 Å². The van der Waals surface area contributed by atoms with Crippen LogP contribution in [0, 0.1) is 11.3 Å². The lowest BCUT2D eigenvalue weighted by atomic mass is 9.82. The smallest absolute Gasteiger partial charge is 0.346 e. The van der Waals surface area contributed by atoms with E-state index in [9.17, 15) is 4.79 Å². The maximum absolute atomic E-state index is 11.0. The summed E-state index contributed by atoms with van der Waals surface area (Å²) in [7, 11) is 0. The van der Waals surface area contributed by atoms with E-state index in [0.29, 0.717) is 38.2 Å². The third-order valence-corrected chi connectivity index (χ3v) is 3.43. The van der Waals surface area contributed by atoms with E-state index in [2.05, 4.69) is 0 Å². The van der Waals surface area contributed by atoms with Crippen LogP contribution in [0.15, 0.2) is 11.1 Å². The molecule has 0 atom stereocenters. The highest BCUT2D eigenvalue weighted by atomic mass is 16.5. The van der Waals surface area contributed by atoms with Gasteiger partial charge in [0.25, 0.3) is 0 Å². The van der Waals surface area contributed by atoms with E-state index in [1.165, 1.54) is 0 Å². The first-order valence-corrected chi connectivity index (χ1v) is 5.74. The Morgan fingerprint density at radius 3 is 2.65 bits per heavy atom. The molecule has 1 N–H and O–H groups in total. The van der Waals surface area contributed by atoms with Crippen molar-refractivity contribution in [3.05, 3.63) is 11.1 Å². The number of carboxylic acid groups (broad SMARTS) is 1. The molecule has 2 rings (SSSR count). The number of carbonyl (C=O) groups is 1. The fraction of sp³-hybridized carbons (Fsp3) is 0.667. The Bertz CT molecular complexity index is 382. The van der Waals surface area contributed by atoms with Crippen molar-refractivity contribution in [3.8, 4) is 6.07 Å². The predicted octanol–water partition coefficient (Wildman–Crippen LogP) is 1.25. The summed E-state index contributed by atoms with van der Waals surface area (Å²) in [6.07, 6.45) is 2.63. The van der Waals surface area contributed by atoms with Gasteiger partial charge in [0.1, 0.15) is 11.6 Å². The van der Waals surface area contributed by atoms with Crippen LogP contribution in [0.5, 0.6) is 0 Å². The van der Waals surface area contributed by atoms with Crippen LogP contribution < -0.4 is 0 Å². The second-order valence-electron chi connectivity index (χ2n) is 4.47. The van der Waals surface area contributed by atoms with Crippen molar-refractivity contribution in [1.82, 2.24) is 0 Å². The van der Waals surface area contributed by atoms with Crippen molar-refractivity contribution in [3.63, 3.8) is 0 Å². The van der Waals surface area contributed by atoms with E-state index < -0.39 is 5.97 Å². The Balaban J connectivity index is 2.22. The van der Waals surface area contributed by atoms with Crippen LogP contribution in [0.2, 0.25) is 0 Å². The summed E-state index contributed by atoms with van der Waals surface area (Å²) in [5.74, 6) is -1.13. The van der Waals surface area contributed by atoms with E-state index in [0.717, 1.165) is 12.8 Å². The molecule has 0 saturated carbocycles. The van der Waals surface area contributed by atoms with Crippen LogP contribution in [-0.2, 0) is 14.3 Å². The van der Waals surface area contributed by atoms with Crippen LogP contribution >= 0.6 is 0 Å². The van der Waals surface area contributed by atoms with Gasteiger partial charge in [-0.1, -0.05) is 0 Å². The van der Waals surface area contributed by atoms with Crippen LogP contribution in [0.25, 0.3) is 0 Å². The molecule has 0 aliphatic carbocycles. The molecule has 17 heavy (non-hydrogen) atoms.